The van der Waals surface area contributed by atoms with Gasteiger partial charge in [-0.05, 0) is 37.8 Å². The van der Waals surface area contributed by atoms with Gasteiger partial charge in [-0.2, -0.15) is 5.10 Å². The van der Waals surface area contributed by atoms with Crippen LogP contribution in [0.5, 0.6) is 0 Å². The number of nitrogens with one attached hydrogen (secondary N) is 1. The molecule has 0 spiro atoms. The summed E-state index contributed by atoms with van der Waals surface area (Å²) in [6.45, 7) is 3.01. The quantitative estimate of drug-likeness (QED) is 0.629. The van der Waals surface area contributed by atoms with Gasteiger partial charge >= 0.3 is 0 Å². The van der Waals surface area contributed by atoms with Crippen LogP contribution in [0.1, 0.15) is 0 Å². The minimum atomic E-state index is 0.639. The molecule has 0 atom stereocenters. The Hall–Kier alpha value is -1.02. The van der Waals surface area contributed by atoms with Crippen molar-refractivity contribution in [2.24, 2.45) is 0 Å². The van der Waals surface area contributed by atoms with Gasteiger partial charge in [-0.1, -0.05) is 6.07 Å². The number of ether oxygens (including phenoxy) is 1. The average Bonchev–Trinajstić information content (AvgIpc) is 2.98. The molecule has 2 heterocycles. The topological polar surface area (TPSA) is 46.1 Å². The van der Waals surface area contributed by atoms with Crippen molar-refractivity contribution in [2.45, 2.75) is 6.54 Å². The third-order valence-electron chi connectivity index (χ3n) is 2.64. The first kappa shape index (κ1) is 14.4. The summed E-state index contributed by atoms with van der Waals surface area (Å²) in [5.41, 5.74) is 0. The molecule has 2 aromatic heterocycles. The van der Waals surface area contributed by atoms with Crippen LogP contribution in [-0.4, -0.2) is 53.5 Å². The summed E-state index contributed by atoms with van der Waals surface area (Å²) in [6.07, 6.45) is 0. The fourth-order valence-corrected chi connectivity index (χ4v) is 2.57. The van der Waals surface area contributed by atoms with Gasteiger partial charge in [-0.3, -0.25) is 9.67 Å². The standard InChI is InChI=1S/C12H18N4OS2/c1-15(2)5-7-17-8-6-16-11(13-14-12(16)18)10-4-3-9-19-10/h3-4,9H,5-8H2,1-2H3,(H,14,18). The highest BCUT2D eigenvalue weighted by Crippen LogP contribution is 2.22. The van der Waals surface area contributed by atoms with E-state index in [1.54, 1.807) is 11.3 Å². The van der Waals surface area contributed by atoms with E-state index < -0.39 is 0 Å². The number of likely N-dealkylation sites (N-methyl/N-ethyl adjacent to an activating group) is 1. The van der Waals surface area contributed by atoms with Crippen molar-refractivity contribution in [1.29, 1.82) is 0 Å². The van der Waals surface area contributed by atoms with Crippen LogP contribution in [0, 0.1) is 4.77 Å². The molecule has 19 heavy (non-hydrogen) atoms. The largest absolute Gasteiger partial charge is 0.378 e. The van der Waals surface area contributed by atoms with Crippen LogP contribution >= 0.6 is 23.6 Å². The summed E-state index contributed by atoms with van der Waals surface area (Å²) < 4.78 is 8.22. The molecule has 0 unspecified atom stereocenters. The molecule has 0 fully saturated rings. The van der Waals surface area contributed by atoms with Crippen molar-refractivity contribution in [3.05, 3.63) is 22.3 Å². The summed E-state index contributed by atoms with van der Waals surface area (Å²) in [5.74, 6) is 0.885. The molecular weight excluding hydrogens is 280 g/mol. The molecule has 0 aliphatic rings. The highest BCUT2D eigenvalue weighted by Gasteiger charge is 2.09. The fraction of sp³-hybridized carbons (Fsp3) is 0.500. The number of thiophene rings is 1. The first-order valence-corrected chi connectivity index (χ1v) is 7.39. The van der Waals surface area contributed by atoms with Gasteiger partial charge < -0.3 is 9.64 Å². The number of hydrogen-bond acceptors (Lipinski definition) is 5. The summed E-state index contributed by atoms with van der Waals surface area (Å²) in [4.78, 5) is 3.21. The lowest BCUT2D eigenvalue weighted by atomic mass is 10.4. The molecule has 0 saturated carbocycles. The highest BCUT2D eigenvalue weighted by molar-refractivity contribution is 7.71. The Balaban J connectivity index is 1.93. The first-order chi connectivity index (χ1) is 9.18. The molecule has 0 saturated heterocycles. The molecule has 0 aliphatic carbocycles. The van der Waals surface area contributed by atoms with Crippen molar-refractivity contribution < 1.29 is 4.74 Å². The van der Waals surface area contributed by atoms with Crippen LogP contribution in [0.2, 0.25) is 0 Å². The normalized spacial score (nSPS) is 11.3. The molecule has 5 nitrogen and oxygen atoms in total. The van der Waals surface area contributed by atoms with Crippen molar-refractivity contribution in [1.82, 2.24) is 19.7 Å². The van der Waals surface area contributed by atoms with E-state index in [2.05, 4.69) is 15.1 Å². The zero-order valence-electron chi connectivity index (χ0n) is 11.1. The van der Waals surface area contributed by atoms with Crippen LogP contribution in [0.4, 0.5) is 0 Å². The monoisotopic (exact) mass is 298 g/mol. The molecule has 0 bridgehead atoms. The SMILES string of the molecule is CN(C)CCOCCn1c(-c2cccs2)n[nH]c1=S. The van der Waals surface area contributed by atoms with Gasteiger partial charge in [0.15, 0.2) is 10.6 Å². The second-order valence-electron chi connectivity index (χ2n) is 4.40. The fourth-order valence-electron chi connectivity index (χ4n) is 1.62. The Morgan fingerprint density at radius 3 is 3.00 bits per heavy atom. The predicted molar refractivity (Wildman–Crippen MR) is 80.1 cm³/mol. The van der Waals surface area contributed by atoms with Gasteiger partial charge in [-0.15, -0.1) is 11.3 Å². The van der Waals surface area contributed by atoms with Gasteiger partial charge in [0, 0.05) is 6.54 Å². The van der Waals surface area contributed by atoms with Gasteiger partial charge in [0.25, 0.3) is 0 Å². The van der Waals surface area contributed by atoms with Crippen molar-refractivity contribution in [3.8, 4) is 10.7 Å². The third-order valence-corrected chi connectivity index (χ3v) is 3.82. The molecule has 0 aliphatic heterocycles. The van der Waals surface area contributed by atoms with Crippen molar-refractivity contribution >= 4 is 23.6 Å². The van der Waals surface area contributed by atoms with E-state index in [4.69, 9.17) is 17.0 Å². The van der Waals surface area contributed by atoms with E-state index in [0.29, 0.717) is 11.4 Å². The minimum Gasteiger partial charge on any atom is -0.378 e. The van der Waals surface area contributed by atoms with Crippen LogP contribution < -0.4 is 0 Å². The van der Waals surface area contributed by atoms with Gasteiger partial charge in [0.2, 0.25) is 0 Å². The Bertz CT molecular complexity index is 544. The maximum absolute atomic E-state index is 5.60. The van der Waals surface area contributed by atoms with E-state index >= 15 is 0 Å². The average molecular weight is 298 g/mol. The Morgan fingerprint density at radius 1 is 1.47 bits per heavy atom. The first-order valence-electron chi connectivity index (χ1n) is 6.10. The van der Waals surface area contributed by atoms with Crippen LogP contribution in [0.15, 0.2) is 17.5 Å². The predicted octanol–water partition coefficient (Wildman–Crippen LogP) is 2.25. The molecule has 104 valence electrons. The third kappa shape index (κ3) is 3.97. The number of nitrogens with zero attached hydrogens (tertiary/aromatic N) is 3. The highest BCUT2D eigenvalue weighted by atomic mass is 32.1. The lowest BCUT2D eigenvalue weighted by Crippen LogP contribution is -2.19. The molecule has 1 N–H and O–H groups in total. The van der Waals surface area contributed by atoms with E-state index in [9.17, 15) is 0 Å². The number of H-pyrrole nitrogens is 1. The number of aromatic nitrogens is 3. The Labute approximate surface area is 121 Å². The second kappa shape index (κ2) is 6.95. The van der Waals surface area contributed by atoms with E-state index in [-0.39, 0.29) is 0 Å². The van der Waals surface area contributed by atoms with E-state index in [1.807, 2.05) is 36.2 Å². The van der Waals surface area contributed by atoms with E-state index in [0.717, 1.165) is 30.4 Å². The van der Waals surface area contributed by atoms with Crippen molar-refractivity contribution in [2.75, 3.05) is 33.9 Å². The van der Waals surface area contributed by atoms with Crippen molar-refractivity contribution in [3.63, 3.8) is 0 Å². The Kier molecular flexibility index (Phi) is 5.26. The lowest BCUT2D eigenvalue weighted by Gasteiger charge is -2.10. The van der Waals surface area contributed by atoms with Crippen LogP contribution in [0.25, 0.3) is 10.7 Å². The molecular formula is C12H18N4OS2. The summed E-state index contributed by atoms with van der Waals surface area (Å²) in [7, 11) is 4.06. The maximum Gasteiger partial charge on any atom is 0.195 e. The van der Waals surface area contributed by atoms with E-state index in [1.165, 1.54) is 0 Å². The molecule has 0 radical (unpaired) electrons. The van der Waals surface area contributed by atoms with Gasteiger partial charge in [0.1, 0.15) is 0 Å². The molecule has 2 rings (SSSR count). The van der Waals surface area contributed by atoms with Crippen LogP contribution in [0.3, 0.4) is 0 Å². The van der Waals surface area contributed by atoms with Gasteiger partial charge in [-0.25, -0.2) is 0 Å². The zero-order valence-corrected chi connectivity index (χ0v) is 12.8. The molecule has 7 heteroatoms. The smallest absolute Gasteiger partial charge is 0.195 e. The van der Waals surface area contributed by atoms with Gasteiger partial charge in [0.05, 0.1) is 24.6 Å². The van der Waals surface area contributed by atoms with Crippen LogP contribution in [-0.2, 0) is 11.3 Å². The summed E-state index contributed by atoms with van der Waals surface area (Å²) in [6, 6.07) is 4.05. The number of rotatable bonds is 7. The number of aromatic amines is 1. The molecule has 0 aromatic carbocycles. The molecule has 0 amide bonds. The summed E-state index contributed by atoms with van der Waals surface area (Å²) in [5, 5.41) is 9.15. The Morgan fingerprint density at radius 2 is 2.32 bits per heavy atom. The molecule has 2 aromatic rings. The minimum absolute atomic E-state index is 0.639. The second-order valence-corrected chi connectivity index (χ2v) is 5.73. The zero-order chi connectivity index (χ0) is 13.7. The maximum atomic E-state index is 5.60. The lowest BCUT2D eigenvalue weighted by molar-refractivity contribution is 0.111. The summed E-state index contributed by atoms with van der Waals surface area (Å²) >= 11 is 6.91. The number of hydrogen-bond donors (Lipinski definition) is 1.